The molecule has 0 aromatic carbocycles. The van der Waals surface area contributed by atoms with Crippen LogP contribution in [0.15, 0.2) is 33.2 Å². The zero-order chi connectivity index (χ0) is 10.7. The standard InChI is InChI=1S/C9H9N3OS2/c1-6(13)7-2-3-8(10-4-7)15-9-12-11-5-14-9/h2-6,13H,1H3/t6-/m0/s1. The fourth-order valence-electron chi connectivity index (χ4n) is 0.996. The number of hydrogen-bond donors (Lipinski definition) is 1. The van der Waals surface area contributed by atoms with Crippen LogP contribution < -0.4 is 0 Å². The molecule has 0 spiro atoms. The highest BCUT2D eigenvalue weighted by Gasteiger charge is 2.04. The molecule has 0 bridgehead atoms. The summed E-state index contributed by atoms with van der Waals surface area (Å²) in [4.78, 5) is 4.22. The van der Waals surface area contributed by atoms with Gasteiger partial charge in [0.1, 0.15) is 10.5 Å². The molecule has 0 aliphatic heterocycles. The van der Waals surface area contributed by atoms with Crippen LogP contribution in [-0.2, 0) is 0 Å². The first-order chi connectivity index (χ1) is 7.25. The van der Waals surface area contributed by atoms with E-state index in [2.05, 4.69) is 15.2 Å². The molecular formula is C9H9N3OS2. The Labute approximate surface area is 95.4 Å². The van der Waals surface area contributed by atoms with Crippen molar-refractivity contribution >= 4 is 23.1 Å². The summed E-state index contributed by atoms with van der Waals surface area (Å²) < 4.78 is 0.868. The van der Waals surface area contributed by atoms with Crippen molar-refractivity contribution in [2.24, 2.45) is 0 Å². The molecule has 0 aliphatic carbocycles. The Hall–Kier alpha value is -0.980. The first-order valence-electron chi connectivity index (χ1n) is 4.34. The average Bonchev–Trinajstić information content (AvgIpc) is 2.71. The van der Waals surface area contributed by atoms with Crippen LogP contribution in [0.1, 0.15) is 18.6 Å². The van der Waals surface area contributed by atoms with Gasteiger partial charge in [0.15, 0.2) is 4.34 Å². The Bertz CT molecular complexity index is 413. The van der Waals surface area contributed by atoms with Gasteiger partial charge in [0.05, 0.1) is 6.10 Å². The second-order valence-electron chi connectivity index (χ2n) is 2.91. The van der Waals surface area contributed by atoms with Gasteiger partial charge in [0, 0.05) is 6.20 Å². The maximum Gasteiger partial charge on any atom is 0.180 e. The van der Waals surface area contributed by atoms with Crippen LogP contribution in [0.5, 0.6) is 0 Å². The highest BCUT2D eigenvalue weighted by atomic mass is 32.2. The second kappa shape index (κ2) is 4.69. The quantitative estimate of drug-likeness (QED) is 0.889. The summed E-state index contributed by atoms with van der Waals surface area (Å²) in [5.41, 5.74) is 2.50. The Morgan fingerprint density at radius 1 is 1.47 bits per heavy atom. The number of aromatic nitrogens is 3. The zero-order valence-electron chi connectivity index (χ0n) is 7.99. The average molecular weight is 239 g/mol. The minimum Gasteiger partial charge on any atom is -0.389 e. The monoisotopic (exact) mass is 239 g/mol. The van der Waals surface area contributed by atoms with Crippen molar-refractivity contribution in [3.8, 4) is 0 Å². The van der Waals surface area contributed by atoms with E-state index in [0.29, 0.717) is 0 Å². The van der Waals surface area contributed by atoms with Crippen LogP contribution in [0, 0.1) is 0 Å². The Balaban J connectivity index is 2.11. The molecule has 4 nitrogen and oxygen atoms in total. The maximum atomic E-state index is 9.30. The molecule has 0 saturated heterocycles. The summed E-state index contributed by atoms with van der Waals surface area (Å²) in [5.74, 6) is 0. The highest BCUT2D eigenvalue weighted by molar-refractivity contribution is 8.00. The van der Waals surface area contributed by atoms with Crippen molar-refractivity contribution in [1.82, 2.24) is 15.2 Å². The minimum absolute atomic E-state index is 0.474. The van der Waals surface area contributed by atoms with Crippen molar-refractivity contribution in [2.45, 2.75) is 22.4 Å². The molecule has 0 amide bonds. The highest BCUT2D eigenvalue weighted by Crippen LogP contribution is 2.27. The number of rotatable bonds is 3. The smallest absolute Gasteiger partial charge is 0.180 e. The summed E-state index contributed by atoms with van der Waals surface area (Å²) in [6.07, 6.45) is 1.20. The molecule has 1 N–H and O–H groups in total. The van der Waals surface area contributed by atoms with Crippen molar-refractivity contribution in [1.29, 1.82) is 0 Å². The molecule has 2 heterocycles. The summed E-state index contributed by atoms with van der Waals surface area (Å²) in [6, 6.07) is 3.73. The largest absolute Gasteiger partial charge is 0.389 e. The van der Waals surface area contributed by atoms with Gasteiger partial charge >= 0.3 is 0 Å². The number of nitrogens with zero attached hydrogens (tertiary/aromatic N) is 3. The van der Waals surface area contributed by atoms with E-state index in [0.717, 1.165) is 14.9 Å². The molecule has 2 aromatic rings. The SMILES string of the molecule is C[C@H](O)c1ccc(Sc2nncs2)nc1. The van der Waals surface area contributed by atoms with E-state index in [4.69, 9.17) is 0 Å². The van der Waals surface area contributed by atoms with Crippen LogP contribution in [0.25, 0.3) is 0 Å². The van der Waals surface area contributed by atoms with Gasteiger partial charge in [0.25, 0.3) is 0 Å². The van der Waals surface area contributed by atoms with Gasteiger partial charge in [-0.05, 0) is 30.3 Å². The van der Waals surface area contributed by atoms with E-state index < -0.39 is 6.10 Å². The molecule has 78 valence electrons. The Kier molecular flexibility index (Phi) is 3.30. The topological polar surface area (TPSA) is 58.9 Å². The van der Waals surface area contributed by atoms with Crippen LogP contribution >= 0.6 is 23.1 Å². The van der Waals surface area contributed by atoms with E-state index in [1.165, 1.54) is 23.1 Å². The normalized spacial score (nSPS) is 12.7. The summed E-state index contributed by atoms with van der Waals surface area (Å²) in [6.45, 7) is 1.72. The van der Waals surface area contributed by atoms with Gasteiger partial charge in [0.2, 0.25) is 0 Å². The molecule has 2 rings (SSSR count). The zero-order valence-corrected chi connectivity index (χ0v) is 9.63. The van der Waals surface area contributed by atoms with Gasteiger partial charge in [-0.25, -0.2) is 4.98 Å². The lowest BCUT2D eigenvalue weighted by Crippen LogP contribution is -1.91. The molecule has 0 radical (unpaired) electrons. The number of hydrogen-bond acceptors (Lipinski definition) is 6. The van der Waals surface area contributed by atoms with E-state index in [1.807, 2.05) is 12.1 Å². The predicted octanol–water partition coefficient (Wildman–Crippen LogP) is 2.14. The minimum atomic E-state index is -0.474. The molecule has 1 atom stereocenters. The molecule has 0 saturated carbocycles. The number of pyridine rings is 1. The van der Waals surface area contributed by atoms with E-state index in [1.54, 1.807) is 18.6 Å². The molecule has 15 heavy (non-hydrogen) atoms. The second-order valence-corrected chi connectivity index (χ2v) is 5.01. The lowest BCUT2D eigenvalue weighted by Gasteiger charge is -2.03. The van der Waals surface area contributed by atoms with Gasteiger partial charge in [-0.15, -0.1) is 10.2 Å². The third-order valence-corrected chi connectivity index (χ3v) is 3.50. The van der Waals surface area contributed by atoms with Gasteiger partial charge in [-0.1, -0.05) is 17.4 Å². The van der Waals surface area contributed by atoms with Crippen molar-refractivity contribution in [3.63, 3.8) is 0 Å². The third kappa shape index (κ3) is 2.74. The summed E-state index contributed by atoms with van der Waals surface area (Å²) in [7, 11) is 0. The molecular weight excluding hydrogens is 230 g/mol. The van der Waals surface area contributed by atoms with E-state index in [-0.39, 0.29) is 0 Å². The molecule has 6 heteroatoms. The predicted molar refractivity (Wildman–Crippen MR) is 58.9 cm³/mol. The fraction of sp³-hybridized carbons (Fsp3) is 0.222. The van der Waals surface area contributed by atoms with Crippen LogP contribution in [0.2, 0.25) is 0 Å². The van der Waals surface area contributed by atoms with E-state index in [9.17, 15) is 5.11 Å². The van der Waals surface area contributed by atoms with Gasteiger partial charge < -0.3 is 5.11 Å². The molecule has 2 aromatic heterocycles. The summed E-state index contributed by atoms with van der Waals surface area (Å²) in [5, 5.41) is 17.8. The summed E-state index contributed by atoms with van der Waals surface area (Å²) >= 11 is 2.95. The van der Waals surface area contributed by atoms with Crippen molar-refractivity contribution in [2.75, 3.05) is 0 Å². The molecule has 0 aliphatic rings. The van der Waals surface area contributed by atoms with Crippen LogP contribution in [-0.4, -0.2) is 20.3 Å². The van der Waals surface area contributed by atoms with E-state index >= 15 is 0 Å². The van der Waals surface area contributed by atoms with Crippen molar-refractivity contribution < 1.29 is 5.11 Å². The van der Waals surface area contributed by atoms with Crippen LogP contribution in [0.3, 0.4) is 0 Å². The Morgan fingerprint density at radius 3 is 2.87 bits per heavy atom. The molecule has 0 unspecified atom stereocenters. The lowest BCUT2D eigenvalue weighted by atomic mass is 10.2. The lowest BCUT2D eigenvalue weighted by molar-refractivity contribution is 0.198. The first kappa shape index (κ1) is 10.5. The van der Waals surface area contributed by atoms with Crippen molar-refractivity contribution in [3.05, 3.63) is 29.4 Å². The first-order valence-corrected chi connectivity index (χ1v) is 6.03. The molecule has 0 fully saturated rings. The van der Waals surface area contributed by atoms with Crippen LogP contribution in [0.4, 0.5) is 0 Å². The number of aliphatic hydroxyl groups excluding tert-OH is 1. The maximum absolute atomic E-state index is 9.30. The van der Waals surface area contributed by atoms with Gasteiger partial charge in [-0.3, -0.25) is 0 Å². The number of aliphatic hydroxyl groups is 1. The van der Waals surface area contributed by atoms with Gasteiger partial charge in [-0.2, -0.15) is 0 Å². The fourth-order valence-corrected chi connectivity index (χ4v) is 2.36. The third-order valence-electron chi connectivity index (χ3n) is 1.77. The Morgan fingerprint density at radius 2 is 2.33 bits per heavy atom.